The molecule has 3 fully saturated rings. The van der Waals surface area contributed by atoms with Crippen molar-refractivity contribution >= 4 is 18.4 Å². The number of nitrogens with one attached hydrogen (secondary N) is 1. The lowest BCUT2D eigenvalue weighted by Gasteiger charge is -2.37. The molecule has 0 unspecified atom stereocenters. The van der Waals surface area contributed by atoms with E-state index in [1.165, 1.54) is 6.07 Å². The standard InChI is InChI=1S/C43H46N3O10PS/c1-29-25-40(47)46(42(48)44-29)41-26-37(55-57-45-24-10-15-36(45)39(56-57)28-58(49,50)35-13-8-5-9-14-35)38(54-41)27-53-43(30-11-6-4-7-12-30,31-16-20-33(51-2)21-17-31)32-18-22-34(52-3)23-19-32/h4-9,11-14,16-23,25,36-39,41H,10,15,24,26-28H2,1-3H3,(H,44,48)/t36-,37-,38+,39+,41-,57-/m0/s1. The minimum absolute atomic E-state index is 0.0367. The van der Waals surface area contributed by atoms with Gasteiger partial charge in [0, 0.05) is 30.8 Å². The number of ether oxygens (including phenoxy) is 4. The van der Waals surface area contributed by atoms with Gasteiger partial charge in [0.1, 0.15) is 29.4 Å². The van der Waals surface area contributed by atoms with E-state index in [2.05, 4.69) is 9.65 Å². The highest BCUT2D eigenvalue weighted by Crippen LogP contribution is 2.58. The van der Waals surface area contributed by atoms with Crippen LogP contribution in [0.3, 0.4) is 0 Å². The fraction of sp³-hybridized carbons (Fsp3) is 0.349. The predicted molar refractivity (Wildman–Crippen MR) is 218 cm³/mol. The Morgan fingerprint density at radius 3 is 2.03 bits per heavy atom. The number of nitrogens with zero attached hydrogens (tertiary/aromatic N) is 2. The molecule has 1 N–H and O–H groups in total. The van der Waals surface area contributed by atoms with Crippen LogP contribution in [0, 0.1) is 6.92 Å². The third-order valence-electron chi connectivity index (χ3n) is 11.1. The van der Waals surface area contributed by atoms with Gasteiger partial charge >= 0.3 is 5.69 Å². The molecule has 0 saturated carbocycles. The number of H-pyrrole nitrogens is 1. The van der Waals surface area contributed by atoms with Gasteiger partial charge in [0.2, 0.25) is 0 Å². The van der Waals surface area contributed by atoms with Crippen molar-refractivity contribution in [2.75, 3.05) is 33.1 Å². The monoisotopic (exact) mass is 827 g/mol. The van der Waals surface area contributed by atoms with E-state index in [0.717, 1.165) is 34.1 Å². The molecule has 3 saturated heterocycles. The first kappa shape index (κ1) is 40.1. The van der Waals surface area contributed by atoms with Gasteiger partial charge in [0.05, 0.1) is 43.7 Å². The van der Waals surface area contributed by atoms with Crippen molar-refractivity contribution in [1.29, 1.82) is 0 Å². The Labute approximate surface area is 338 Å². The van der Waals surface area contributed by atoms with E-state index in [1.807, 2.05) is 78.9 Å². The lowest BCUT2D eigenvalue weighted by atomic mass is 9.80. The summed E-state index contributed by atoms with van der Waals surface area (Å²) in [6.45, 7) is 2.29. The van der Waals surface area contributed by atoms with Crippen LogP contribution < -0.4 is 20.7 Å². The second-order valence-electron chi connectivity index (χ2n) is 14.6. The molecule has 13 nitrogen and oxygen atoms in total. The molecule has 304 valence electrons. The molecule has 58 heavy (non-hydrogen) atoms. The van der Waals surface area contributed by atoms with Crippen molar-refractivity contribution in [1.82, 2.24) is 14.2 Å². The molecule has 3 aliphatic heterocycles. The average Bonchev–Trinajstić information content (AvgIpc) is 3.96. The first-order chi connectivity index (χ1) is 28.1. The molecule has 4 heterocycles. The summed E-state index contributed by atoms with van der Waals surface area (Å²) in [5, 5.41) is 0. The molecular formula is C43H46N3O10PS. The van der Waals surface area contributed by atoms with Crippen LogP contribution in [-0.2, 0) is 34.0 Å². The van der Waals surface area contributed by atoms with E-state index in [4.69, 9.17) is 28.0 Å². The van der Waals surface area contributed by atoms with E-state index in [1.54, 1.807) is 51.5 Å². The molecular weight excluding hydrogens is 782 g/mol. The van der Waals surface area contributed by atoms with Crippen LogP contribution in [0.1, 0.15) is 47.9 Å². The van der Waals surface area contributed by atoms with Gasteiger partial charge in [-0.15, -0.1) is 0 Å². The van der Waals surface area contributed by atoms with Crippen LogP contribution in [0.4, 0.5) is 0 Å². The zero-order chi connectivity index (χ0) is 40.4. The smallest absolute Gasteiger partial charge is 0.330 e. The summed E-state index contributed by atoms with van der Waals surface area (Å²) in [4.78, 5) is 29.5. The number of aromatic nitrogens is 2. The molecule has 15 heteroatoms. The van der Waals surface area contributed by atoms with Crippen LogP contribution >= 0.6 is 8.53 Å². The molecule has 6 atom stereocenters. The largest absolute Gasteiger partial charge is 0.497 e. The number of fused-ring (bicyclic) bond motifs is 1. The van der Waals surface area contributed by atoms with Gasteiger partial charge in [-0.3, -0.25) is 4.79 Å². The lowest BCUT2D eigenvalue weighted by Crippen LogP contribution is -2.39. The van der Waals surface area contributed by atoms with Gasteiger partial charge in [-0.2, -0.15) is 0 Å². The SMILES string of the molecule is COc1ccc(C(OC[C@H]2O[C@H](n3c(=O)cc(C)[nH]c3=O)C[C@@H]2O[P@@]2O[C@H](CS(=O)(=O)c3ccccc3)[C@@H]3CCCN32)(c2ccccc2)c2ccc(OC)cc2)cc1. The van der Waals surface area contributed by atoms with Gasteiger partial charge < -0.3 is 33.0 Å². The number of methoxy groups -OCH3 is 2. The fourth-order valence-corrected chi connectivity index (χ4v) is 11.8. The molecule has 0 amide bonds. The van der Waals surface area contributed by atoms with Crippen molar-refractivity contribution < 1.29 is 36.4 Å². The zero-order valence-corrected chi connectivity index (χ0v) is 34.1. The molecule has 3 aliphatic rings. The topological polar surface area (TPSA) is 148 Å². The highest BCUT2D eigenvalue weighted by Gasteiger charge is 2.51. The lowest BCUT2D eigenvalue weighted by molar-refractivity contribution is -0.0925. The Kier molecular flexibility index (Phi) is 11.7. The molecule has 8 rings (SSSR count). The Balaban J connectivity index is 1.15. The van der Waals surface area contributed by atoms with E-state index in [9.17, 15) is 18.0 Å². The second kappa shape index (κ2) is 16.9. The predicted octanol–water partition coefficient (Wildman–Crippen LogP) is 6.11. The van der Waals surface area contributed by atoms with Crippen LogP contribution in [0.15, 0.2) is 130 Å². The summed E-state index contributed by atoms with van der Waals surface area (Å²) in [5.74, 6) is 1.17. The summed E-state index contributed by atoms with van der Waals surface area (Å²) in [5.41, 5.74) is 0.616. The molecule has 0 aliphatic carbocycles. The maximum atomic E-state index is 13.5. The third-order valence-corrected chi connectivity index (χ3v) is 14.6. The molecule has 0 spiro atoms. The van der Waals surface area contributed by atoms with Crippen molar-refractivity contribution in [2.45, 2.75) is 67.3 Å². The van der Waals surface area contributed by atoms with Crippen molar-refractivity contribution in [3.8, 4) is 11.5 Å². The van der Waals surface area contributed by atoms with Crippen LogP contribution in [0.2, 0.25) is 0 Å². The first-order valence-electron chi connectivity index (χ1n) is 19.2. The Hall–Kier alpha value is -4.66. The summed E-state index contributed by atoms with van der Waals surface area (Å²) in [6, 6.07) is 34.8. The quantitative estimate of drug-likeness (QED) is 0.102. The minimum Gasteiger partial charge on any atom is -0.497 e. The van der Waals surface area contributed by atoms with Gasteiger partial charge in [0.25, 0.3) is 14.1 Å². The van der Waals surface area contributed by atoms with Crippen molar-refractivity contribution in [3.63, 3.8) is 0 Å². The average molecular weight is 828 g/mol. The maximum Gasteiger partial charge on any atom is 0.330 e. The number of benzene rings is 4. The van der Waals surface area contributed by atoms with Gasteiger partial charge in [-0.25, -0.2) is 22.4 Å². The van der Waals surface area contributed by atoms with E-state index < -0.39 is 59.8 Å². The van der Waals surface area contributed by atoms with Crippen LogP contribution in [0.25, 0.3) is 0 Å². The number of rotatable bonds is 14. The summed E-state index contributed by atoms with van der Waals surface area (Å²) >= 11 is 0. The highest BCUT2D eigenvalue weighted by molar-refractivity contribution is 7.91. The Morgan fingerprint density at radius 1 is 0.828 bits per heavy atom. The van der Waals surface area contributed by atoms with Gasteiger partial charge in [-0.05, 0) is 72.9 Å². The Morgan fingerprint density at radius 2 is 1.43 bits per heavy atom. The van der Waals surface area contributed by atoms with E-state index >= 15 is 0 Å². The van der Waals surface area contributed by atoms with Gasteiger partial charge in [-0.1, -0.05) is 72.8 Å². The number of hydrogen-bond acceptors (Lipinski definition) is 11. The van der Waals surface area contributed by atoms with Gasteiger partial charge in [0.15, 0.2) is 9.84 Å². The molecule has 4 aromatic carbocycles. The number of aromatic amines is 1. The minimum atomic E-state index is -3.65. The number of aryl methyl sites for hydroxylation is 1. The Bertz CT molecular complexity index is 2340. The maximum absolute atomic E-state index is 13.5. The zero-order valence-electron chi connectivity index (χ0n) is 32.4. The van der Waals surface area contributed by atoms with E-state index in [-0.39, 0.29) is 29.7 Å². The van der Waals surface area contributed by atoms with E-state index in [0.29, 0.717) is 23.7 Å². The van der Waals surface area contributed by atoms with Crippen molar-refractivity contribution in [3.05, 3.63) is 158 Å². The second-order valence-corrected chi connectivity index (χ2v) is 18.1. The third kappa shape index (κ3) is 7.90. The number of sulfone groups is 1. The fourth-order valence-electron chi connectivity index (χ4n) is 8.18. The summed E-state index contributed by atoms with van der Waals surface area (Å²) in [6.07, 6.45) is -1.32. The summed E-state index contributed by atoms with van der Waals surface area (Å²) < 4.78 is 68.5. The summed E-state index contributed by atoms with van der Waals surface area (Å²) in [7, 11) is -2.16. The molecule has 5 aromatic rings. The van der Waals surface area contributed by atoms with Crippen molar-refractivity contribution in [2.24, 2.45) is 0 Å². The van der Waals surface area contributed by atoms with Crippen LogP contribution in [-0.4, -0.2) is 80.1 Å². The van der Waals surface area contributed by atoms with Crippen LogP contribution in [0.5, 0.6) is 11.5 Å². The molecule has 0 radical (unpaired) electrons. The normalized spacial score (nSPS) is 23.5. The molecule has 0 bridgehead atoms. The molecule has 1 aromatic heterocycles. The number of hydrogen-bond donors (Lipinski definition) is 1. The first-order valence-corrected chi connectivity index (χ1v) is 22.0. The highest BCUT2D eigenvalue weighted by atomic mass is 32.2.